The minimum Gasteiger partial charge on any atom is -0.497 e. The first-order chi connectivity index (χ1) is 10.7. The Morgan fingerprint density at radius 1 is 1.14 bits per heavy atom. The van der Waals surface area contributed by atoms with Crippen molar-refractivity contribution in [3.8, 4) is 11.5 Å². The maximum Gasteiger partial charge on any atom is 0.138 e. The molecule has 3 rings (SSSR count). The van der Waals surface area contributed by atoms with Crippen molar-refractivity contribution in [1.29, 1.82) is 0 Å². The number of nitrogens with zero attached hydrogens (tertiary/aromatic N) is 2. The molecule has 1 N–H and O–H groups in total. The lowest BCUT2D eigenvalue weighted by atomic mass is 10.1. The molecule has 0 aliphatic carbocycles. The summed E-state index contributed by atoms with van der Waals surface area (Å²) in [5, 5.41) is 6.48. The number of thiophene rings is 1. The lowest BCUT2D eigenvalue weighted by molar-refractivity contribution is 0.397. The topological polar surface area (TPSA) is 56.3 Å². The van der Waals surface area contributed by atoms with Crippen molar-refractivity contribution >= 4 is 27.4 Å². The molecule has 6 heteroatoms. The molecule has 1 unspecified atom stereocenters. The van der Waals surface area contributed by atoms with E-state index in [1.165, 1.54) is 0 Å². The molecule has 0 bridgehead atoms. The first-order valence-corrected chi connectivity index (χ1v) is 7.77. The van der Waals surface area contributed by atoms with Gasteiger partial charge in [-0.25, -0.2) is 9.97 Å². The third-order valence-electron chi connectivity index (χ3n) is 3.52. The van der Waals surface area contributed by atoms with Crippen LogP contribution in [0.25, 0.3) is 10.2 Å². The highest BCUT2D eigenvalue weighted by Crippen LogP contribution is 2.32. The molecule has 0 spiro atoms. The molecule has 0 amide bonds. The number of benzene rings is 1. The summed E-state index contributed by atoms with van der Waals surface area (Å²) in [6.07, 6.45) is 1.58. The van der Waals surface area contributed by atoms with Gasteiger partial charge in [0.25, 0.3) is 0 Å². The maximum atomic E-state index is 5.45. The van der Waals surface area contributed by atoms with Crippen LogP contribution in [0.3, 0.4) is 0 Å². The van der Waals surface area contributed by atoms with Gasteiger partial charge in [0, 0.05) is 5.56 Å². The van der Waals surface area contributed by atoms with E-state index in [4.69, 9.17) is 9.47 Å². The second kappa shape index (κ2) is 6.19. The van der Waals surface area contributed by atoms with E-state index in [9.17, 15) is 0 Å². The van der Waals surface area contributed by atoms with Crippen molar-refractivity contribution in [3.63, 3.8) is 0 Å². The molecule has 2 heterocycles. The minimum atomic E-state index is 0.0167. The number of ether oxygens (including phenoxy) is 2. The lowest BCUT2D eigenvalue weighted by Crippen LogP contribution is -2.10. The molecule has 1 aromatic carbocycles. The highest BCUT2D eigenvalue weighted by atomic mass is 32.1. The summed E-state index contributed by atoms with van der Waals surface area (Å²) in [6.45, 7) is 2.07. The third-order valence-corrected chi connectivity index (χ3v) is 4.34. The molecule has 114 valence electrons. The maximum absolute atomic E-state index is 5.45. The van der Waals surface area contributed by atoms with Crippen molar-refractivity contribution in [2.24, 2.45) is 0 Å². The van der Waals surface area contributed by atoms with Gasteiger partial charge in [-0.2, -0.15) is 0 Å². The normalized spacial score (nSPS) is 12.1. The van der Waals surface area contributed by atoms with Crippen molar-refractivity contribution in [3.05, 3.63) is 41.5 Å². The fourth-order valence-corrected chi connectivity index (χ4v) is 3.10. The lowest BCUT2D eigenvalue weighted by Gasteiger charge is -2.19. The fraction of sp³-hybridized carbons (Fsp3) is 0.250. The van der Waals surface area contributed by atoms with Crippen LogP contribution < -0.4 is 14.8 Å². The zero-order valence-corrected chi connectivity index (χ0v) is 13.5. The molecule has 5 nitrogen and oxygen atoms in total. The molecular weight excluding hydrogens is 298 g/mol. The molecule has 0 radical (unpaired) electrons. The van der Waals surface area contributed by atoms with Crippen LogP contribution in [-0.4, -0.2) is 24.2 Å². The summed E-state index contributed by atoms with van der Waals surface area (Å²) in [5.41, 5.74) is 1.02. The molecular formula is C16H17N3O2S. The summed E-state index contributed by atoms with van der Waals surface area (Å²) in [5.74, 6) is 2.44. The molecule has 2 aromatic heterocycles. The van der Waals surface area contributed by atoms with Gasteiger partial charge in [-0.15, -0.1) is 11.3 Å². The predicted octanol–water partition coefficient (Wildman–Crippen LogP) is 3.88. The Balaban J connectivity index is 1.94. The highest BCUT2D eigenvalue weighted by Gasteiger charge is 2.15. The largest absolute Gasteiger partial charge is 0.497 e. The molecule has 0 aliphatic rings. The second-order valence-corrected chi connectivity index (χ2v) is 5.73. The van der Waals surface area contributed by atoms with Gasteiger partial charge in [-0.3, -0.25) is 0 Å². The van der Waals surface area contributed by atoms with Gasteiger partial charge >= 0.3 is 0 Å². The fourth-order valence-electron chi connectivity index (χ4n) is 2.37. The van der Waals surface area contributed by atoms with Crippen LogP contribution in [-0.2, 0) is 0 Å². The van der Waals surface area contributed by atoms with Crippen LogP contribution in [0.5, 0.6) is 11.5 Å². The Morgan fingerprint density at radius 3 is 2.77 bits per heavy atom. The number of anilines is 1. The quantitative estimate of drug-likeness (QED) is 0.774. The molecule has 3 aromatic rings. The first-order valence-electron chi connectivity index (χ1n) is 6.89. The smallest absolute Gasteiger partial charge is 0.138 e. The van der Waals surface area contributed by atoms with Gasteiger partial charge < -0.3 is 14.8 Å². The van der Waals surface area contributed by atoms with E-state index in [-0.39, 0.29) is 6.04 Å². The van der Waals surface area contributed by atoms with E-state index in [0.29, 0.717) is 0 Å². The van der Waals surface area contributed by atoms with Gasteiger partial charge in [0.2, 0.25) is 0 Å². The average Bonchev–Trinajstić information content (AvgIpc) is 3.03. The number of methoxy groups -OCH3 is 2. The van der Waals surface area contributed by atoms with Gasteiger partial charge in [-0.05, 0) is 36.6 Å². The summed E-state index contributed by atoms with van der Waals surface area (Å²) >= 11 is 1.60. The Hall–Kier alpha value is -2.34. The average molecular weight is 315 g/mol. The molecule has 22 heavy (non-hydrogen) atoms. The van der Waals surface area contributed by atoms with Crippen LogP contribution >= 0.6 is 11.3 Å². The van der Waals surface area contributed by atoms with Crippen LogP contribution in [0.2, 0.25) is 0 Å². The van der Waals surface area contributed by atoms with E-state index >= 15 is 0 Å². The van der Waals surface area contributed by atoms with Crippen molar-refractivity contribution in [2.45, 2.75) is 13.0 Å². The number of rotatable bonds is 5. The molecule has 0 saturated heterocycles. The van der Waals surface area contributed by atoms with Gasteiger partial charge in [0.15, 0.2) is 0 Å². The van der Waals surface area contributed by atoms with Crippen LogP contribution in [0.15, 0.2) is 36.0 Å². The number of hydrogen-bond donors (Lipinski definition) is 1. The zero-order valence-electron chi connectivity index (χ0n) is 12.7. The second-order valence-electron chi connectivity index (χ2n) is 4.84. The number of fused-ring (bicyclic) bond motifs is 1. The van der Waals surface area contributed by atoms with E-state index in [0.717, 1.165) is 33.1 Å². The van der Waals surface area contributed by atoms with Crippen LogP contribution in [0, 0.1) is 0 Å². The molecule has 0 aliphatic heterocycles. The van der Waals surface area contributed by atoms with Crippen LogP contribution in [0.4, 0.5) is 5.82 Å². The van der Waals surface area contributed by atoms with Gasteiger partial charge in [-0.1, -0.05) is 0 Å². The predicted molar refractivity (Wildman–Crippen MR) is 89.0 cm³/mol. The summed E-state index contributed by atoms with van der Waals surface area (Å²) in [7, 11) is 3.32. The summed E-state index contributed by atoms with van der Waals surface area (Å²) < 4.78 is 10.8. The Morgan fingerprint density at radius 2 is 2.00 bits per heavy atom. The number of nitrogens with one attached hydrogen (secondary N) is 1. The number of hydrogen-bond acceptors (Lipinski definition) is 6. The van der Waals surface area contributed by atoms with Gasteiger partial charge in [0.1, 0.15) is 28.5 Å². The summed E-state index contributed by atoms with van der Waals surface area (Å²) in [4.78, 5) is 9.60. The third kappa shape index (κ3) is 2.69. The van der Waals surface area contributed by atoms with Gasteiger partial charge in [0.05, 0.1) is 25.6 Å². The SMILES string of the molecule is COc1ccc(OC)c(C(C)Nc2ncnc3sccc23)c1. The number of aromatic nitrogens is 2. The van der Waals surface area contributed by atoms with E-state index in [1.54, 1.807) is 31.9 Å². The minimum absolute atomic E-state index is 0.0167. The molecule has 1 atom stereocenters. The zero-order chi connectivity index (χ0) is 15.5. The highest BCUT2D eigenvalue weighted by molar-refractivity contribution is 7.16. The Bertz CT molecular complexity index is 788. The summed E-state index contributed by atoms with van der Waals surface area (Å²) in [6, 6.07) is 7.81. The Labute approximate surface area is 132 Å². The Kier molecular flexibility index (Phi) is 4.11. The van der Waals surface area contributed by atoms with Crippen LogP contribution in [0.1, 0.15) is 18.5 Å². The van der Waals surface area contributed by atoms with Crippen molar-refractivity contribution < 1.29 is 9.47 Å². The van der Waals surface area contributed by atoms with Crippen molar-refractivity contribution in [1.82, 2.24) is 9.97 Å². The first kappa shape index (κ1) is 14.6. The molecule has 0 saturated carbocycles. The van der Waals surface area contributed by atoms with E-state index < -0.39 is 0 Å². The standard InChI is InChI=1S/C16H17N3O2S/c1-10(13-8-11(20-2)4-5-14(13)21-3)19-15-12-6-7-22-16(12)18-9-17-15/h4-10H,1-3H3,(H,17,18,19). The van der Waals surface area contributed by atoms with E-state index in [2.05, 4.69) is 22.2 Å². The van der Waals surface area contributed by atoms with E-state index in [1.807, 2.05) is 29.6 Å². The monoisotopic (exact) mass is 315 g/mol. The molecule has 0 fully saturated rings. The van der Waals surface area contributed by atoms with Crippen molar-refractivity contribution in [2.75, 3.05) is 19.5 Å².